The summed E-state index contributed by atoms with van der Waals surface area (Å²) < 4.78 is 5.42. The molecule has 5 heteroatoms. The zero-order chi connectivity index (χ0) is 13.7. The standard InChI is InChI=1S/C14H14N2O3/c1-2-19-13-6-4-3-5-11(13)16-14(18)12-8-7-10(9-17)15-12/h3-9,15H,2H2,1H3,(H,16,18). The van der Waals surface area contributed by atoms with Crippen molar-refractivity contribution in [2.24, 2.45) is 0 Å². The van der Waals surface area contributed by atoms with Gasteiger partial charge in [0, 0.05) is 0 Å². The van der Waals surface area contributed by atoms with Crippen molar-refractivity contribution in [2.45, 2.75) is 6.92 Å². The monoisotopic (exact) mass is 258 g/mol. The molecular weight excluding hydrogens is 244 g/mol. The number of hydrogen-bond acceptors (Lipinski definition) is 3. The van der Waals surface area contributed by atoms with Gasteiger partial charge in [-0.3, -0.25) is 9.59 Å². The van der Waals surface area contributed by atoms with Crippen LogP contribution in [0.3, 0.4) is 0 Å². The molecule has 0 aliphatic rings. The summed E-state index contributed by atoms with van der Waals surface area (Å²) in [6, 6.07) is 10.3. The van der Waals surface area contributed by atoms with Crippen LogP contribution in [-0.4, -0.2) is 23.8 Å². The normalized spacial score (nSPS) is 9.95. The third-order valence-corrected chi connectivity index (χ3v) is 2.52. The molecule has 19 heavy (non-hydrogen) atoms. The number of amides is 1. The van der Waals surface area contributed by atoms with E-state index in [1.165, 1.54) is 0 Å². The molecule has 0 saturated carbocycles. The summed E-state index contributed by atoms with van der Waals surface area (Å²) in [5, 5.41) is 2.74. The molecule has 0 aliphatic heterocycles. The predicted molar refractivity (Wildman–Crippen MR) is 71.7 cm³/mol. The lowest BCUT2D eigenvalue weighted by atomic mass is 10.3. The fraction of sp³-hybridized carbons (Fsp3) is 0.143. The number of benzene rings is 1. The van der Waals surface area contributed by atoms with Gasteiger partial charge in [-0.15, -0.1) is 0 Å². The molecule has 0 fully saturated rings. The van der Waals surface area contributed by atoms with Crippen molar-refractivity contribution in [3.8, 4) is 5.75 Å². The minimum absolute atomic E-state index is 0.319. The van der Waals surface area contributed by atoms with E-state index >= 15 is 0 Å². The number of hydrogen-bond donors (Lipinski definition) is 2. The molecule has 2 N–H and O–H groups in total. The number of para-hydroxylation sites is 2. The zero-order valence-electron chi connectivity index (χ0n) is 10.5. The second kappa shape index (κ2) is 5.86. The van der Waals surface area contributed by atoms with Crippen LogP contribution >= 0.6 is 0 Å². The minimum Gasteiger partial charge on any atom is -0.492 e. The predicted octanol–water partition coefficient (Wildman–Crippen LogP) is 2.48. The number of carbonyl (C=O) groups excluding carboxylic acids is 2. The number of H-pyrrole nitrogens is 1. The lowest BCUT2D eigenvalue weighted by Gasteiger charge is -2.10. The molecule has 1 aromatic carbocycles. The number of ether oxygens (including phenoxy) is 1. The fourth-order valence-corrected chi connectivity index (χ4v) is 1.65. The Morgan fingerprint density at radius 3 is 2.79 bits per heavy atom. The molecule has 98 valence electrons. The van der Waals surface area contributed by atoms with E-state index in [0.29, 0.717) is 35.7 Å². The molecule has 2 rings (SSSR count). The molecule has 0 radical (unpaired) electrons. The quantitative estimate of drug-likeness (QED) is 0.809. The number of aromatic nitrogens is 1. The molecule has 0 unspecified atom stereocenters. The van der Waals surface area contributed by atoms with Crippen LogP contribution in [0.25, 0.3) is 0 Å². The van der Waals surface area contributed by atoms with Crippen molar-refractivity contribution in [1.29, 1.82) is 0 Å². The first-order chi connectivity index (χ1) is 9.24. The topological polar surface area (TPSA) is 71.2 Å². The first-order valence-corrected chi connectivity index (χ1v) is 5.92. The molecule has 2 aromatic rings. The van der Waals surface area contributed by atoms with Gasteiger partial charge in [0.05, 0.1) is 18.0 Å². The molecule has 0 bridgehead atoms. The van der Waals surface area contributed by atoms with Crippen LogP contribution in [0.1, 0.15) is 27.9 Å². The van der Waals surface area contributed by atoms with Crippen LogP contribution in [0.4, 0.5) is 5.69 Å². The first-order valence-electron chi connectivity index (χ1n) is 5.92. The van der Waals surface area contributed by atoms with E-state index in [0.717, 1.165) is 0 Å². The van der Waals surface area contributed by atoms with E-state index in [2.05, 4.69) is 10.3 Å². The SMILES string of the molecule is CCOc1ccccc1NC(=O)c1ccc(C=O)[nH]1. The van der Waals surface area contributed by atoms with Crippen molar-refractivity contribution in [3.63, 3.8) is 0 Å². The van der Waals surface area contributed by atoms with E-state index in [4.69, 9.17) is 4.74 Å². The molecular formula is C14H14N2O3. The molecule has 0 spiro atoms. The number of anilines is 1. The lowest BCUT2D eigenvalue weighted by molar-refractivity contribution is 0.102. The van der Waals surface area contributed by atoms with Gasteiger partial charge in [0.25, 0.3) is 5.91 Å². The van der Waals surface area contributed by atoms with Gasteiger partial charge >= 0.3 is 0 Å². The Bertz CT molecular complexity index is 590. The van der Waals surface area contributed by atoms with Gasteiger partial charge in [0.15, 0.2) is 6.29 Å². The Labute approximate surface area is 110 Å². The molecule has 0 atom stereocenters. The number of rotatable bonds is 5. The Hall–Kier alpha value is -2.56. The Morgan fingerprint density at radius 2 is 2.11 bits per heavy atom. The third-order valence-electron chi connectivity index (χ3n) is 2.52. The molecule has 0 aliphatic carbocycles. The van der Waals surface area contributed by atoms with E-state index in [9.17, 15) is 9.59 Å². The van der Waals surface area contributed by atoms with E-state index in [-0.39, 0.29) is 5.91 Å². The summed E-state index contributed by atoms with van der Waals surface area (Å²) in [5.41, 5.74) is 1.29. The average molecular weight is 258 g/mol. The maximum atomic E-state index is 12.0. The highest BCUT2D eigenvalue weighted by Crippen LogP contribution is 2.24. The summed E-state index contributed by atoms with van der Waals surface area (Å²) in [5.74, 6) is 0.292. The Morgan fingerprint density at radius 1 is 1.32 bits per heavy atom. The van der Waals surface area contributed by atoms with Crippen molar-refractivity contribution in [1.82, 2.24) is 4.98 Å². The van der Waals surface area contributed by atoms with Crippen molar-refractivity contribution in [3.05, 3.63) is 47.8 Å². The molecule has 5 nitrogen and oxygen atoms in total. The highest BCUT2D eigenvalue weighted by atomic mass is 16.5. The largest absolute Gasteiger partial charge is 0.492 e. The van der Waals surface area contributed by atoms with Crippen LogP contribution in [-0.2, 0) is 0 Å². The van der Waals surface area contributed by atoms with Gasteiger partial charge in [-0.25, -0.2) is 0 Å². The summed E-state index contributed by atoms with van der Waals surface area (Å²) >= 11 is 0. The van der Waals surface area contributed by atoms with Crippen LogP contribution in [0.5, 0.6) is 5.75 Å². The highest BCUT2D eigenvalue weighted by molar-refractivity contribution is 6.04. The molecule has 1 heterocycles. The highest BCUT2D eigenvalue weighted by Gasteiger charge is 2.11. The first kappa shape index (κ1) is 12.9. The third kappa shape index (κ3) is 3.01. The summed E-state index contributed by atoms with van der Waals surface area (Å²) in [4.78, 5) is 25.3. The van der Waals surface area contributed by atoms with Gasteiger partial charge < -0.3 is 15.0 Å². The van der Waals surface area contributed by atoms with Gasteiger partial charge in [-0.1, -0.05) is 12.1 Å². The van der Waals surface area contributed by atoms with Crippen molar-refractivity contribution < 1.29 is 14.3 Å². The lowest BCUT2D eigenvalue weighted by Crippen LogP contribution is -2.13. The number of carbonyl (C=O) groups is 2. The zero-order valence-corrected chi connectivity index (χ0v) is 10.5. The van der Waals surface area contributed by atoms with Crippen LogP contribution in [0.15, 0.2) is 36.4 Å². The summed E-state index contributed by atoms with van der Waals surface area (Å²) in [6.07, 6.45) is 0.658. The second-order valence-corrected chi connectivity index (χ2v) is 3.83. The van der Waals surface area contributed by atoms with Crippen LogP contribution < -0.4 is 10.1 Å². The van der Waals surface area contributed by atoms with Gasteiger partial charge in [-0.2, -0.15) is 0 Å². The minimum atomic E-state index is -0.319. The maximum absolute atomic E-state index is 12.0. The summed E-state index contributed by atoms with van der Waals surface area (Å²) in [7, 11) is 0. The average Bonchev–Trinajstić information content (AvgIpc) is 2.90. The molecule has 1 amide bonds. The van der Waals surface area contributed by atoms with Gasteiger partial charge in [0.1, 0.15) is 11.4 Å². The van der Waals surface area contributed by atoms with Crippen LogP contribution in [0.2, 0.25) is 0 Å². The van der Waals surface area contributed by atoms with Crippen LogP contribution in [0, 0.1) is 0 Å². The Kier molecular flexibility index (Phi) is 3.97. The smallest absolute Gasteiger partial charge is 0.272 e. The van der Waals surface area contributed by atoms with E-state index < -0.39 is 0 Å². The summed E-state index contributed by atoms with van der Waals surface area (Å²) in [6.45, 7) is 2.39. The molecule has 1 aromatic heterocycles. The van der Waals surface area contributed by atoms with Crippen molar-refractivity contribution in [2.75, 3.05) is 11.9 Å². The van der Waals surface area contributed by atoms with E-state index in [1.54, 1.807) is 24.3 Å². The number of aldehydes is 1. The van der Waals surface area contributed by atoms with Crippen molar-refractivity contribution >= 4 is 17.9 Å². The number of aromatic amines is 1. The maximum Gasteiger partial charge on any atom is 0.272 e. The Balaban J connectivity index is 2.16. The van der Waals surface area contributed by atoms with E-state index in [1.807, 2.05) is 19.1 Å². The second-order valence-electron chi connectivity index (χ2n) is 3.83. The van der Waals surface area contributed by atoms with Gasteiger partial charge in [0.2, 0.25) is 0 Å². The fourth-order valence-electron chi connectivity index (χ4n) is 1.65. The van der Waals surface area contributed by atoms with Gasteiger partial charge in [-0.05, 0) is 31.2 Å². The number of nitrogens with one attached hydrogen (secondary N) is 2. The molecule has 0 saturated heterocycles.